The van der Waals surface area contributed by atoms with Gasteiger partial charge in [-0.2, -0.15) is 0 Å². The molecule has 0 radical (unpaired) electrons. The zero-order chi connectivity index (χ0) is 47.9. The van der Waals surface area contributed by atoms with Gasteiger partial charge in [0.25, 0.3) is 0 Å². The molecule has 6 nitrogen and oxygen atoms in total. The lowest BCUT2D eigenvalue weighted by Gasteiger charge is -2.18. The highest BCUT2D eigenvalue weighted by Gasteiger charge is 2.19. The molecule has 0 aliphatic carbocycles. The van der Waals surface area contributed by atoms with E-state index in [4.69, 9.17) is 14.2 Å². The first-order valence-electron chi connectivity index (χ1n) is 26.9. The van der Waals surface area contributed by atoms with Crippen molar-refractivity contribution in [2.24, 2.45) is 0 Å². The van der Waals surface area contributed by atoms with Crippen LogP contribution in [0.4, 0.5) is 0 Å². The van der Waals surface area contributed by atoms with Gasteiger partial charge in [0, 0.05) is 19.3 Å². The molecule has 0 unspecified atom stereocenters. The maximum atomic E-state index is 12.8. The molecule has 0 aliphatic heterocycles. The quantitative estimate of drug-likeness (QED) is 0.0262. The number of allylic oxidation sites excluding steroid dienone is 18. The monoisotopic (exact) mass is 915 g/mol. The van der Waals surface area contributed by atoms with Gasteiger partial charge in [0.2, 0.25) is 0 Å². The van der Waals surface area contributed by atoms with Crippen molar-refractivity contribution >= 4 is 17.9 Å². The molecule has 0 aromatic carbocycles. The summed E-state index contributed by atoms with van der Waals surface area (Å²) >= 11 is 0. The Hall–Kier alpha value is -3.93. The molecule has 0 rings (SSSR count). The topological polar surface area (TPSA) is 78.9 Å². The molecule has 0 bridgehead atoms. The van der Waals surface area contributed by atoms with Crippen LogP contribution in [0.3, 0.4) is 0 Å². The Bertz CT molecular complexity index is 1370. The second kappa shape index (κ2) is 53.7. The molecule has 1 atom stereocenters. The van der Waals surface area contributed by atoms with Crippen LogP contribution in [-0.4, -0.2) is 37.2 Å². The van der Waals surface area contributed by atoms with E-state index in [9.17, 15) is 14.4 Å². The molecule has 0 N–H and O–H groups in total. The average Bonchev–Trinajstić information content (AvgIpc) is 3.31. The van der Waals surface area contributed by atoms with Gasteiger partial charge in [0.15, 0.2) is 6.10 Å². The molecular weight excluding hydrogens is 817 g/mol. The average molecular weight is 915 g/mol. The van der Waals surface area contributed by atoms with Crippen LogP contribution in [0, 0.1) is 0 Å². The molecule has 0 fully saturated rings. The number of hydrogen-bond donors (Lipinski definition) is 0. The third-order valence-electron chi connectivity index (χ3n) is 11.0. The van der Waals surface area contributed by atoms with Crippen LogP contribution >= 0.6 is 0 Å². The van der Waals surface area contributed by atoms with Gasteiger partial charge in [-0.15, -0.1) is 0 Å². The summed E-state index contributed by atoms with van der Waals surface area (Å²) in [6, 6.07) is 0. The van der Waals surface area contributed by atoms with E-state index in [2.05, 4.69) is 130 Å². The van der Waals surface area contributed by atoms with Gasteiger partial charge in [0.1, 0.15) is 13.2 Å². The normalized spacial score (nSPS) is 13.0. The van der Waals surface area contributed by atoms with Gasteiger partial charge in [-0.25, -0.2) is 0 Å². The Balaban J connectivity index is 4.49. The lowest BCUT2D eigenvalue weighted by atomic mass is 10.1. The van der Waals surface area contributed by atoms with Crippen LogP contribution in [0.25, 0.3) is 0 Å². The lowest BCUT2D eigenvalue weighted by molar-refractivity contribution is -0.167. The second-order valence-corrected chi connectivity index (χ2v) is 17.4. The van der Waals surface area contributed by atoms with Crippen molar-refractivity contribution in [1.29, 1.82) is 0 Å². The smallest absolute Gasteiger partial charge is 0.306 e. The number of unbranched alkanes of at least 4 members (excludes halogenated alkanes) is 18. The van der Waals surface area contributed by atoms with Crippen molar-refractivity contribution in [2.45, 2.75) is 239 Å². The van der Waals surface area contributed by atoms with Crippen molar-refractivity contribution in [3.05, 3.63) is 109 Å². The van der Waals surface area contributed by atoms with Gasteiger partial charge < -0.3 is 14.2 Å². The molecule has 0 aromatic heterocycles. The van der Waals surface area contributed by atoms with Crippen LogP contribution < -0.4 is 0 Å². The molecular formula is C60H98O6. The summed E-state index contributed by atoms with van der Waals surface area (Å²) in [5.41, 5.74) is 0. The molecule has 66 heavy (non-hydrogen) atoms. The van der Waals surface area contributed by atoms with E-state index in [1.165, 1.54) is 57.8 Å². The molecule has 0 aliphatic rings. The maximum absolute atomic E-state index is 12.8. The predicted octanol–water partition coefficient (Wildman–Crippen LogP) is 17.9. The lowest BCUT2D eigenvalue weighted by Crippen LogP contribution is -2.30. The van der Waals surface area contributed by atoms with E-state index in [1.807, 2.05) is 0 Å². The largest absolute Gasteiger partial charge is 0.462 e. The first-order chi connectivity index (χ1) is 32.5. The first-order valence-corrected chi connectivity index (χ1v) is 26.9. The predicted molar refractivity (Wildman–Crippen MR) is 283 cm³/mol. The van der Waals surface area contributed by atoms with Crippen molar-refractivity contribution < 1.29 is 28.6 Å². The fraction of sp³-hybridized carbons (Fsp3) is 0.650. The van der Waals surface area contributed by atoms with Gasteiger partial charge in [-0.3, -0.25) is 14.4 Å². The Morgan fingerprint density at radius 3 is 1.00 bits per heavy atom. The number of carbonyl (C=O) groups is 3. The zero-order valence-corrected chi connectivity index (χ0v) is 42.7. The number of rotatable bonds is 47. The summed E-state index contributed by atoms with van der Waals surface area (Å²) < 4.78 is 16.8. The van der Waals surface area contributed by atoms with E-state index in [0.29, 0.717) is 19.3 Å². The third-order valence-corrected chi connectivity index (χ3v) is 11.0. The third kappa shape index (κ3) is 51.1. The van der Waals surface area contributed by atoms with Crippen LogP contribution in [-0.2, 0) is 28.6 Å². The SMILES string of the molecule is CC/C=C\C/C=C\C/C=C\C/C=C\CCCCC(=O)O[C@H](COC(=O)CCCCCCC/C=C\C/C=C\CCCC)COC(=O)CCCCCCCC/C=C\C/C=C\C/C=C\CCCCC. The second-order valence-electron chi connectivity index (χ2n) is 17.4. The zero-order valence-electron chi connectivity index (χ0n) is 42.7. The van der Waals surface area contributed by atoms with Crippen molar-refractivity contribution in [2.75, 3.05) is 13.2 Å². The van der Waals surface area contributed by atoms with Gasteiger partial charge in [-0.05, 0) is 122 Å². The molecule has 0 spiro atoms. The molecule has 374 valence electrons. The Morgan fingerprint density at radius 2 is 0.606 bits per heavy atom. The molecule has 0 heterocycles. The van der Waals surface area contributed by atoms with E-state index in [0.717, 1.165) is 128 Å². The first kappa shape index (κ1) is 62.1. The molecule has 0 saturated carbocycles. The summed E-state index contributed by atoms with van der Waals surface area (Å²) in [7, 11) is 0. The van der Waals surface area contributed by atoms with Gasteiger partial charge in [0.05, 0.1) is 0 Å². The number of ether oxygens (including phenoxy) is 3. The van der Waals surface area contributed by atoms with Crippen molar-refractivity contribution in [3.8, 4) is 0 Å². The van der Waals surface area contributed by atoms with Crippen molar-refractivity contribution in [3.63, 3.8) is 0 Å². The fourth-order valence-corrected chi connectivity index (χ4v) is 6.93. The Kier molecular flexibility index (Phi) is 50.5. The highest BCUT2D eigenvalue weighted by atomic mass is 16.6. The minimum Gasteiger partial charge on any atom is -0.462 e. The van der Waals surface area contributed by atoms with Crippen LogP contribution in [0.1, 0.15) is 233 Å². The molecule has 0 amide bonds. The highest BCUT2D eigenvalue weighted by Crippen LogP contribution is 2.13. The summed E-state index contributed by atoms with van der Waals surface area (Å²) in [4.78, 5) is 38.0. The van der Waals surface area contributed by atoms with Gasteiger partial charge in [-0.1, -0.05) is 201 Å². The number of carbonyl (C=O) groups excluding carboxylic acids is 3. The van der Waals surface area contributed by atoms with Crippen molar-refractivity contribution in [1.82, 2.24) is 0 Å². The standard InChI is InChI=1S/C60H98O6/c1-4-7-10-13-16-19-22-25-28-29-30-31-33-35-38-41-44-47-50-53-59(62)65-56-57(55-64-58(61)52-49-46-43-40-37-34-27-24-21-18-15-12-9-6-3)66-60(63)54-51-48-45-42-39-36-32-26-23-20-17-14-11-8-5-2/h8,11,15-20,24-28,30-32,39,42,57H,4-7,9-10,12-14,21-23,29,33-38,40-41,43-56H2,1-3H3/b11-8-,18-15-,19-16-,20-17-,27-24-,28-25-,31-30-,32-26-,42-39-/t57-/m1/s1. The molecule has 6 heteroatoms. The minimum absolute atomic E-state index is 0.108. The summed E-state index contributed by atoms with van der Waals surface area (Å²) in [5, 5.41) is 0. The highest BCUT2D eigenvalue weighted by molar-refractivity contribution is 5.71. The Morgan fingerprint density at radius 1 is 0.318 bits per heavy atom. The molecule has 0 saturated heterocycles. The summed E-state index contributed by atoms with van der Waals surface area (Å²) in [5.74, 6) is -0.980. The van der Waals surface area contributed by atoms with E-state index in [-0.39, 0.29) is 37.5 Å². The molecule has 0 aromatic rings. The van der Waals surface area contributed by atoms with Crippen LogP contribution in [0.2, 0.25) is 0 Å². The fourth-order valence-electron chi connectivity index (χ4n) is 6.93. The number of esters is 3. The maximum Gasteiger partial charge on any atom is 0.306 e. The Labute approximate surface area is 406 Å². The van der Waals surface area contributed by atoms with Crippen LogP contribution in [0.5, 0.6) is 0 Å². The minimum atomic E-state index is -0.813. The van der Waals surface area contributed by atoms with Gasteiger partial charge >= 0.3 is 17.9 Å². The van der Waals surface area contributed by atoms with E-state index in [1.54, 1.807) is 0 Å². The van der Waals surface area contributed by atoms with E-state index >= 15 is 0 Å². The summed E-state index contributed by atoms with van der Waals surface area (Å²) in [6.07, 6.45) is 72.1. The number of hydrogen-bond acceptors (Lipinski definition) is 6. The van der Waals surface area contributed by atoms with Crippen LogP contribution in [0.15, 0.2) is 109 Å². The summed E-state index contributed by atoms with van der Waals surface area (Å²) in [6.45, 7) is 6.39. The van der Waals surface area contributed by atoms with E-state index < -0.39 is 6.10 Å².